The highest BCUT2D eigenvalue weighted by atomic mass is 16.5. The monoisotopic (exact) mass is 334 g/mol. The molecule has 1 N–H and O–H groups in total. The van der Waals surface area contributed by atoms with E-state index in [-0.39, 0.29) is 23.4 Å². The number of carbonyl (C=O) groups is 2. The van der Waals surface area contributed by atoms with Crippen molar-refractivity contribution in [2.24, 2.45) is 11.8 Å². The van der Waals surface area contributed by atoms with Crippen LogP contribution in [0.1, 0.15) is 50.4 Å². The van der Waals surface area contributed by atoms with Gasteiger partial charge in [0.05, 0.1) is 7.11 Å². The van der Waals surface area contributed by atoms with Gasteiger partial charge in [0, 0.05) is 12.2 Å². The van der Waals surface area contributed by atoms with E-state index in [1.54, 1.807) is 19.1 Å². The number of aromatic nitrogens is 1. The normalized spacial score (nSPS) is 24.8. The molecular weight excluding hydrogens is 308 g/mol. The number of esters is 1. The van der Waals surface area contributed by atoms with Gasteiger partial charge in [-0.05, 0) is 37.3 Å². The Morgan fingerprint density at radius 3 is 2.79 bits per heavy atom. The highest BCUT2D eigenvalue weighted by molar-refractivity contribution is 5.94. The van der Waals surface area contributed by atoms with Gasteiger partial charge in [-0.1, -0.05) is 26.7 Å². The Bertz CT molecular complexity index is 590. The van der Waals surface area contributed by atoms with Gasteiger partial charge in [-0.25, -0.2) is 9.78 Å². The molecule has 0 saturated heterocycles. The van der Waals surface area contributed by atoms with Gasteiger partial charge in [-0.15, -0.1) is 0 Å². The van der Waals surface area contributed by atoms with Gasteiger partial charge >= 0.3 is 5.97 Å². The van der Waals surface area contributed by atoms with E-state index < -0.39 is 12.1 Å². The molecule has 0 aliphatic heterocycles. The van der Waals surface area contributed by atoms with Crippen LogP contribution in [0, 0.1) is 11.8 Å². The number of rotatable bonds is 5. The molecule has 1 aromatic heterocycles. The number of hydrogen-bond donors (Lipinski definition) is 1. The quantitative estimate of drug-likeness (QED) is 0.838. The number of nitrogens with zero attached hydrogens (tertiary/aromatic N) is 1. The number of ether oxygens (including phenoxy) is 2. The van der Waals surface area contributed by atoms with E-state index >= 15 is 0 Å². The maximum Gasteiger partial charge on any atom is 0.344 e. The Morgan fingerprint density at radius 2 is 2.08 bits per heavy atom. The topological polar surface area (TPSA) is 77.5 Å². The minimum atomic E-state index is -0.869. The van der Waals surface area contributed by atoms with E-state index in [9.17, 15) is 9.59 Å². The second kappa shape index (κ2) is 8.13. The van der Waals surface area contributed by atoms with Crippen molar-refractivity contribution in [3.63, 3.8) is 0 Å². The van der Waals surface area contributed by atoms with Crippen LogP contribution < -0.4 is 10.1 Å². The van der Waals surface area contributed by atoms with Crippen LogP contribution in [0.15, 0.2) is 18.3 Å². The number of nitrogens with one attached hydrogen (secondary N) is 1. The molecule has 6 nitrogen and oxygen atoms in total. The minimum absolute atomic E-state index is 0.135. The fourth-order valence-electron chi connectivity index (χ4n) is 3.07. The largest absolute Gasteiger partial charge is 0.480 e. The molecule has 4 atom stereocenters. The van der Waals surface area contributed by atoms with Crippen molar-refractivity contribution in [3.05, 3.63) is 23.9 Å². The third-order valence-corrected chi connectivity index (χ3v) is 4.87. The van der Waals surface area contributed by atoms with Crippen LogP contribution in [-0.2, 0) is 9.53 Å². The number of carbonyl (C=O) groups excluding carboxylic acids is 2. The number of hydrogen-bond acceptors (Lipinski definition) is 5. The molecule has 1 aliphatic carbocycles. The molecule has 0 spiro atoms. The molecule has 1 saturated carbocycles. The van der Waals surface area contributed by atoms with Gasteiger partial charge in [0.1, 0.15) is 5.56 Å². The molecule has 0 radical (unpaired) electrons. The summed E-state index contributed by atoms with van der Waals surface area (Å²) in [6.07, 6.45) is 3.93. The SMILES string of the molecule is COc1ncccc1C(=O)O[C@H](C)C(=O)N[C@@H]1CCC[C@H](C)[C@H]1C. The first-order valence-electron chi connectivity index (χ1n) is 8.44. The standard InChI is InChI=1S/C18H26N2O4/c1-11-7-5-9-15(12(11)2)20-16(21)13(3)24-18(22)14-8-6-10-19-17(14)23-4/h6,8,10-13,15H,5,7,9H2,1-4H3,(H,20,21)/t11-,12+,13+,15+/m0/s1. The van der Waals surface area contributed by atoms with E-state index in [0.29, 0.717) is 11.8 Å². The Morgan fingerprint density at radius 1 is 1.33 bits per heavy atom. The lowest BCUT2D eigenvalue weighted by molar-refractivity contribution is -0.130. The third-order valence-electron chi connectivity index (χ3n) is 4.87. The summed E-state index contributed by atoms with van der Waals surface area (Å²) in [5, 5.41) is 3.02. The zero-order valence-corrected chi connectivity index (χ0v) is 14.7. The summed E-state index contributed by atoms with van der Waals surface area (Å²) in [5.74, 6) is 0.306. The summed E-state index contributed by atoms with van der Waals surface area (Å²) in [4.78, 5) is 28.5. The molecule has 0 unspecified atom stereocenters. The van der Waals surface area contributed by atoms with E-state index in [1.165, 1.54) is 19.7 Å². The lowest BCUT2D eigenvalue weighted by atomic mass is 9.78. The zero-order valence-electron chi connectivity index (χ0n) is 14.7. The molecular formula is C18H26N2O4. The lowest BCUT2D eigenvalue weighted by Crippen LogP contribution is -2.47. The predicted octanol–water partition coefficient (Wildman–Crippen LogP) is 2.58. The van der Waals surface area contributed by atoms with Crippen molar-refractivity contribution in [1.29, 1.82) is 0 Å². The Hall–Kier alpha value is -2.11. The predicted molar refractivity (Wildman–Crippen MR) is 89.8 cm³/mol. The first-order chi connectivity index (χ1) is 11.4. The van der Waals surface area contributed by atoms with Crippen molar-refractivity contribution in [2.45, 2.75) is 52.2 Å². The average Bonchev–Trinajstić information content (AvgIpc) is 2.58. The maximum absolute atomic E-state index is 12.3. The minimum Gasteiger partial charge on any atom is -0.480 e. The van der Waals surface area contributed by atoms with Crippen LogP contribution in [0.4, 0.5) is 0 Å². The first kappa shape index (κ1) is 18.2. The van der Waals surface area contributed by atoms with Crippen molar-refractivity contribution in [1.82, 2.24) is 10.3 Å². The molecule has 132 valence electrons. The van der Waals surface area contributed by atoms with Crippen molar-refractivity contribution < 1.29 is 19.1 Å². The van der Waals surface area contributed by atoms with Crippen LogP contribution in [0.3, 0.4) is 0 Å². The lowest BCUT2D eigenvalue weighted by Gasteiger charge is -2.35. The molecule has 1 heterocycles. The van der Waals surface area contributed by atoms with E-state index in [1.807, 2.05) is 0 Å². The van der Waals surface area contributed by atoms with E-state index in [2.05, 4.69) is 24.1 Å². The summed E-state index contributed by atoms with van der Waals surface area (Å²) in [5.41, 5.74) is 0.208. The van der Waals surface area contributed by atoms with Crippen LogP contribution >= 0.6 is 0 Å². The molecule has 24 heavy (non-hydrogen) atoms. The Kier molecular flexibility index (Phi) is 6.17. The van der Waals surface area contributed by atoms with Crippen LogP contribution in [0.2, 0.25) is 0 Å². The summed E-state index contributed by atoms with van der Waals surface area (Å²) >= 11 is 0. The van der Waals surface area contributed by atoms with Gasteiger partial charge in [0.25, 0.3) is 5.91 Å². The second-order valence-electron chi connectivity index (χ2n) is 6.49. The molecule has 1 amide bonds. The van der Waals surface area contributed by atoms with Gasteiger partial charge in [-0.2, -0.15) is 0 Å². The van der Waals surface area contributed by atoms with Crippen molar-refractivity contribution in [2.75, 3.05) is 7.11 Å². The fraction of sp³-hybridized carbons (Fsp3) is 0.611. The highest BCUT2D eigenvalue weighted by Gasteiger charge is 2.30. The average molecular weight is 334 g/mol. The Balaban J connectivity index is 1.95. The third kappa shape index (κ3) is 4.24. The molecule has 0 bridgehead atoms. The second-order valence-corrected chi connectivity index (χ2v) is 6.49. The maximum atomic E-state index is 12.3. The number of amides is 1. The van der Waals surface area contributed by atoms with Crippen molar-refractivity contribution >= 4 is 11.9 Å². The molecule has 1 aromatic rings. The molecule has 1 fully saturated rings. The molecule has 1 aliphatic rings. The van der Waals surface area contributed by atoms with Gasteiger partial charge < -0.3 is 14.8 Å². The zero-order chi connectivity index (χ0) is 17.7. The fourth-order valence-corrected chi connectivity index (χ4v) is 3.07. The number of pyridine rings is 1. The molecule has 0 aromatic carbocycles. The Labute approximate surface area is 142 Å². The van der Waals surface area contributed by atoms with Crippen LogP contribution in [-0.4, -0.2) is 36.1 Å². The van der Waals surface area contributed by atoms with Gasteiger partial charge in [0.2, 0.25) is 5.88 Å². The van der Waals surface area contributed by atoms with Crippen LogP contribution in [0.25, 0.3) is 0 Å². The summed E-state index contributed by atoms with van der Waals surface area (Å²) in [6, 6.07) is 3.31. The molecule has 6 heteroatoms. The van der Waals surface area contributed by atoms with E-state index in [0.717, 1.165) is 12.8 Å². The van der Waals surface area contributed by atoms with E-state index in [4.69, 9.17) is 9.47 Å². The first-order valence-corrected chi connectivity index (χ1v) is 8.44. The van der Waals surface area contributed by atoms with Crippen LogP contribution in [0.5, 0.6) is 5.88 Å². The smallest absolute Gasteiger partial charge is 0.344 e. The van der Waals surface area contributed by atoms with Gasteiger partial charge in [-0.3, -0.25) is 4.79 Å². The summed E-state index contributed by atoms with van der Waals surface area (Å²) < 4.78 is 10.3. The number of methoxy groups -OCH3 is 1. The highest BCUT2D eigenvalue weighted by Crippen LogP contribution is 2.29. The molecule has 2 rings (SSSR count). The van der Waals surface area contributed by atoms with Gasteiger partial charge in [0.15, 0.2) is 6.10 Å². The van der Waals surface area contributed by atoms with Crippen molar-refractivity contribution in [3.8, 4) is 5.88 Å². The summed E-state index contributed by atoms with van der Waals surface area (Å²) in [7, 11) is 1.43. The summed E-state index contributed by atoms with van der Waals surface area (Å²) in [6.45, 7) is 5.94.